The van der Waals surface area contributed by atoms with Crippen LogP contribution in [0.2, 0.25) is 0 Å². The first-order valence-electron chi connectivity index (χ1n) is 6.67. The molecule has 0 aliphatic rings. The van der Waals surface area contributed by atoms with Gasteiger partial charge in [0.25, 0.3) is 5.91 Å². The molecule has 0 atom stereocenters. The van der Waals surface area contributed by atoms with E-state index in [0.717, 1.165) is 18.7 Å². The van der Waals surface area contributed by atoms with Gasteiger partial charge < -0.3 is 10.6 Å². The van der Waals surface area contributed by atoms with E-state index in [0.29, 0.717) is 0 Å². The van der Waals surface area contributed by atoms with Crippen LogP contribution in [0.15, 0.2) is 18.3 Å². The van der Waals surface area contributed by atoms with Crippen LogP contribution in [0, 0.1) is 0 Å². The van der Waals surface area contributed by atoms with E-state index in [-0.39, 0.29) is 29.7 Å². The summed E-state index contributed by atoms with van der Waals surface area (Å²) < 4.78 is 22.6. The van der Waals surface area contributed by atoms with Crippen molar-refractivity contribution in [1.82, 2.24) is 10.3 Å². The molecule has 0 saturated heterocycles. The summed E-state index contributed by atoms with van der Waals surface area (Å²) in [5.41, 5.74) is 1.10. The van der Waals surface area contributed by atoms with E-state index >= 15 is 0 Å². The van der Waals surface area contributed by atoms with Crippen molar-refractivity contribution in [3.63, 3.8) is 0 Å². The Kier molecular flexibility index (Phi) is 6.44. The number of hydrogen-bond acceptors (Lipinski definition) is 5. The number of amides is 1. The fourth-order valence-corrected chi connectivity index (χ4v) is 2.19. The van der Waals surface area contributed by atoms with Crippen LogP contribution in [0.3, 0.4) is 0 Å². The molecule has 1 amide bonds. The van der Waals surface area contributed by atoms with Gasteiger partial charge in [0.2, 0.25) is 0 Å². The predicted octanol–water partition coefficient (Wildman–Crippen LogP) is 1.07. The second-order valence-electron chi connectivity index (χ2n) is 4.35. The summed E-state index contributed by atoms with van der Waals surface area (Å²) in [5, 5.41) is 5.73. The van der Waals surface area contributed by atoms with E-state index in [4.69, 9.17) is 0 Å². The van der Waals surface area contributed by atoms with E-state index < -0.39 is 9.84 Å². The van der Waals surface area contributed by atoms with Crippen molar-refractivity contribution in [3.8, 4) is 0 Å². The van der Waals surface area contributed by atoms with Gasteiger partial charge in [0.1, 0.15) is 5.69 Å². The lowest BCUT2D eigenvalue weighted by atomic mass is 10.3. The summed E-state index contributed by atoms with van der Waals surface area (Å²) >= 11 is 0. The molecule has 0 aliphatic heterocycles. The third kappa shape index (κ3) is 5.56. The van der Waals surface area contributed by atoms with E-state index in [2.05, 4.69) is 22.5 Å². The van der Waals surface area contributed by atoms with Gasteiger partial charge in [-0.15, -0.1) is 0 Å². The summed E-state index contributed by atoms with van der Waals surface area (Å²) in [6, 6.07) is 3.44. The van der Waals surface area contributed by atoms with Crippen LogP contribution in [-0.4, -0.2) is 43.9 Å². The van der Waals surface area contributed by atoms with Gasteiger partial charge in [-0.1, -0.05) is 13.8 Å². The minimum atomic E-state index is -3.06. The molecule has 0 saturated carbocycles. The monoisotopic (exact) mass is 299 g/mol. The number of rotatable bonds is 8. The normalized spacial score (nSPS) is 11.1. The first-order chi connectivity index (χ1) is 9.48. The van der Waals surface area contributed by atoms with Crippen LogP contribution >= 0.6 is 0 Å². The molecule has 0 aromatic carbocycles. The van der Waals surface area contributed by atoms with Gasteiger partial charge >= 0.3 is 0 Å². The van der Waals surface area contributed by atoms with Crippen molar-refractivity contribution in [1.29, 1.82) is 0 Å². The van der Waals surface area contributed by atoms with E-state index in [9.17, 15) is 13.2 Å². The topological polar surface area (TPSA) is 88.2 Å². The van der Waals surface area contributed by atoms with E-state index in [1.54, 1.807) is 25.3 Å². The third-order valence-corrected chi connectivity index (χ3v) is 4.42. The molecule has 1 aromatic heterocycles. The largest absolute Gasteiger partial charge is 0.385 e. The quantitative estimate of drug-likeness (QED) is 0.749. The van der Waals surface area contributed by atoms with Crippen molar-refractivity contribution in [2.75, 3.05) is 29.9 Å². The average molecular weight is 299 g/mol. The fraction of sp³-hybridized carbons (Fsp3) is 0.538. The second kappa shape index (κ2) is 7.84. The van der Waals surface area contributed by atoms with Crippen LogP contribution in [0.4, 0.5) is 5.69 Å². The number of nitrogens with zero attached hydrogens (tertiary/aromatic N) is 1. The Bertz CT molecular complexity index is 544. The molecular formula is C13H21N3O3S. The minimum absolute atomic E-state index is 0.0526. The maximum Gasteiger partial charge on any atom is 0.269 e. The molecule has 20 heavy (non-hydrogen) atoms. The number of carbonyl (C=O) groups excluding carboxylic acids is 1. The van der Waals surface area contributed by atoms with Gasteiger partial charge in [-0.05, 0) is 18.6 Å². The summed E-state index contributed by atoms with van der Waals surface area (Å²) in [5.74, 6) is -0.336. The fourth-order valence-electron chi connectivity index (χ4n) is 1.49. The average Bonchev–Trinajstić information content (AvgIpc) is 2.45. The molecule has 1 aromatic rings. The van der Waals surface area contributed by atoms with Crippen molar-refractivity contribution >= 4 is 21.4 Å². The summed E-state index contributed by atoms with van der Waals surface area (Å²) in [6.45, 7) is 4.56. The zero-order chi connectivity index (χ0) is 15.0. The molecule has 6 nitrogen and oxygen atoms in total. The first-order valence-corrected chi connectivity index (χ1v) is 8.49. The zero-order valence-corrected chi connectivity index (χ0v) is 12.7. The zero-order valence-electron chi connectivity index (χ0n) is 11.8. The lowest BCUT2D eigenvalue weighted by Gasteiger charge is -2.07. The van der Waals surface area contributed by atoms with Gasteiger partial charge in [0.15, 0.2) is 9.84 Å². The molecule has 0 radical (unpaired) electrons. The van der Waals surface area contributed by atoms with Crippen LogP contribution in [0.5, 0.6) is 0 Å². The molecule has 112 valence electrons. The Morgan fingerprint density at radius 3 is 2.70 bits per heavy atom. The Hall–Kier alpha value is -1.63. The Morgan fingerprint density at radius 1 is 1.30 bits per heavy atom. The lowest BCUT2D eigenvalue weighted by molar-refractivity contribution is 0.0951. The molecule has 0 bridgehead atoms. The highest BCUT2D eigenvalue weighted by Crippen LogP contribution is 2.07. The second-order valence-corrected chi connectivity index (χ2v) is 6.82. The molecule has 7 heteroatoms. The van der Waals surface area contributed by atoms with Crippen molar-refractivity contribution in [3.05, 3.63) is 24.0 Å². The van der Waals surface area contributed by atoms with Crippen LogP contribution < -0.4 is 10.6 Å². The molecule has 0 unspecified atom stereocenters. The highest BCUT2D eigenvalue weighted by atomic mass is 32.2. The molecule has 1 heterocycles. The molecular weight excluding hydrogens is 278 g/mol. The van der Waals surface area contributed by atoms with Crippen molar-refractivity contribution < 1.29 is 13.2 Å². The SMILES string of the molecule is CCCNc1ccnc(C(=O)NCCS(=O)(=O)CC)c1. The maximum atomic E-state index is 11.8. The number of nitrogens with one attached hydrogen (secondary N) is 2. The number of anilines is 1. The van der Waals surface area contributed by atoms with E-state index in [1.807, 2.05) is 0 Å². The Balaban J connectivity index is 2.55. The van der Waals surface area contributed by atoms with E-state index in [1.165, 1.54) is 0 Å². The molecule has 0 spiro atoms. The van der Waals surface area contributed by atoms with Gasteiger partial charge in [0.05, 0.1) is 5.75 Å². The molecule has 2 N–H and O–H groups in total. The summed E-state index contributed by atoms with van der Waals surface area (Å²) in [6.07, 6.45) is 2.54. The minimum Gasteiger partial charge on any atom is -0.385 e. The van der Waals surface area contributed by atoms with Crippen molar-refractivity contribution in [2.24, 2.45) is 0 Å². The Labute approximate surface area is 119 Å². The number of pyridine rings is 1. The highest BCUT2D eigenvalue weighted by molar-refractivity contribution is 7.91. The van der Waals surface area contributed by atoms with Crippen LogP contribution in [0.25, 0.3) is 0 Å². The first kappa shape index (κ1) is 16.4. The third-order valence-electron chi connectivity index (χ3n) is 2.71. The molecule has 0 aliphatic carbocycles. The molecule has 0 fully saturated rings. The van der Waals surface area contributed by atoms with Gasteiger partial charge in [-0.25, -0.2) is 8.42 Å². The standard InChI is InChI=1S/C13H21N3O3S/c1-3-6-14-11-5-7-15-12(10-11)13(17)16-8-9-20(18,19)4-2/h5,7,10H,3-4,6,8-9H2,1-2H3,(H,14,15)(H,16,17). The van der Waals surface area contributed by atoms with Crippen LogP contribution in [-0.2, 0) is 9.84 Å². The number of hydrogen-bond donors (Lipinski definition) is 2. The number of carbonyl (C=O) groups is 1. The molecule has 1 rings (SSSR count). The summed E-state index contributed by atoms with van der Waals surface area (Å²) in [4.78, 5) is 15.8. The summed E-state index contributed by atoms with van der Waals surface area (Å²) in [7, 11) is -3.06. The van der Waals surface area contributed by atoms with Crippen molar-refractivity contribution in [2.45, 2.75) is 20.3 Å². The van der Waals surface area contributed by atoms with Gasteiger partial charge in [0, 0.05) is 30.7 Å². The van der Waals surface area contributed by atoms with Gasteiger partial charge in [-0.3, -0.25) is 9.78 Å². The lowest BCUT2D eigenvalue weighted by Crippen LogP contribution is -2.30. The number of sulfone groups is 1. The maximum absolute atomic E-state index is 11.8. The smallest absolute Gasteiger partial charge is 0.269 e. The highest BCUT2D eigenvalue weighted by Gasteiger charge is 2.11. The van der Waals surface area contributed by atoms with Crippen LogP contribution in [0.1, 0.15) is 30.8 Å². The Morgan fingerprint density at radius 2 is 2.05 bits per heavy atom. The van der Waals surface area contributed by atoms with Gasteiger partial charge in [-0.2, -0.15) is 0 Å². The number of aromatic nitrogens is 1. The predicted molar refractivity (Wildman–Crippen MR) is 79.7 cm³/mol.